The van der Waals surface area contributed by atoms with E-state index in [1.54, 1.807) is 18.0 Å². The number of hydrogen-bond donors (Lipinski definition) is 0. The summed E-state index contributed by atoms with van der Waals surface area (Å²) in [5.74, 6) is -0.630. The molecule has 2 aromatic heterocycles. The van der Waals surface area contributed by atoms with Gasteiger partial charge in [0.1, 0.15) is 17.8 Å². The van der Waals surface area contributed by atoms with Crippen LogP contribution in [0.3, 0.4) is 0 Å². The van der Waals surface area contributed by atoms with Crippen molar-refractivity contribution in [2.45, 2.75) is 19.9 Å². The second-order valence-corrected chi connectivity index (χ2v) is 4.94. The highest BCUT2D eigenvalue weighted by Crippen LogP contribution is 2.23. The van der Waals surface area contributed by atoms with E-state index < -0.39 is 11.6 Å². The lowest BCUT2D eigenvalue weighted by Crippen LogP contribution is -2.20. The first-order chi connectivity index (χ1) is 10.6. The molecule has 0 N–H and O–H groups in total. The van der Waals surface area contributed by atoms with Crippen LogP contribution in [-0.2, 0) is 13.0 Å². The van der Waals surface area contributed by atoms with E-state index in [2.05, 4.69) is 15.1 Å². The number of fused-ring (bicyclic) bond motifs is 1. The first-order valence-electron chi connectivity index (χ1n) is 6.84. The Morgan fingerprint density at radius 1 is 1.18 bits per heavy atom. The van der Waals surface area contributed by atoms with Gasteiger partial charge in [0.15, 0.2) is 17.2 Å². The Bertz CT molecular complexity index is 818. The molecule has 0 bridgehead atoms. The lowest BCUT2D eigenvalue weighted by molar-refractivity contribution is 0.444. The van der Waals surface area contributed by atoms with E-state index >= 15 is 0 Å². The molecule has 0 fully saturated rings. The lowest BCUT2D eigenvalue weighted by atomic mass is 10.2. The fourth-order valence-electron chi connectivity index (χ4n) is 2.29. The number of anilines is 1. The van der Waals surface area contributed by atoms with Crippen molar-refractivity contribution in [1.82, 2.24) is 15.1 Å². The van der Waals surface area contributed by atoms with E-state index in [1.165, 1.54) is 18.5 Å². The molecule has 0 saturated heterocycles. The van der Waals surface area contributed by atoms with E-state index in [9.17, 15) is 8.78 Å². The standard InChI is InChI=1S/C15H14F2N4O/c1-3-11-14(17)15(19-8-18-11)21(2)7-12-10-5-4-9(16)6-13(10)22-20-12/h4-6,8H,3,7H2,1-2H3. The highest BCUT2D eigenvalue weighted by molar-refractivity contribution is 5.79. The monoisotopic (exact) mass is 304 g/mol. The quantitative estimate of drug-likeness (QED) is 0.741. The van der Waals surface area contributed by atoms with Crippen molar-refractivity contribution in [3.8, 4) is 0 Å². The Kier molecular flexibility index (Phi) is 3.70. The lowest BCUT2D eigenvalue weighted by Gasteiger charge is -2.18. The van der Waals surface area contributed by atoms with Gasteiger partial charge in [0.05, 0.1) is 12.2 Å². The minimum absolute atomic E-state index is 0.199. The molecule has 2 heterocycles. The van der Waals surface area contributed by atoms with Gasteiger partial charge in [-0.25, -0.2) is 18.7 Å². The second kappa shape index (κ2) is 5.67. The Morgan fingerprint density at radius 3 is 2.77 bits per heavy atom. The molecule has 22 heavy (non-hydrogen) atoms. The molecule has 7 heteroatoms. The predicted octanol–water partition coefficient (Wildman–Crippen LogP) is 3.09. The fraction of sp³-hybridized carbons (Fsp3) is 0.267. The average molecular weight is 304 g/mol. The third-order valence-corrected chi connectivity index (χ3v) is 3.44. The number of rotatable bonds is 4. The summed E-state index contributed by atoms with van der Waals surface area (Å²) >= 11 is 0. The number of aromatic nitrogens is 3. The molecule has 0 atom stereocenters. The van der Waals surface area contributed by atoms with Crippen molar-refractivity contribution in [2.24, 2.45) is 0 Å². The van der Waals surface area contributed by atoms with E-state index in [-0.39, 0.29) is 12.4 Å². The van der Waals surface area contributed by atoms with Crippen molar-refractivity contribution >= 4 is 16.8 Å². The van der Waals surface area contributed by atoms with Gasteiger partial charge in [-0.3, -0.25) is 0 Å². The number of halogens is 2. The third kappa shape index (κ3) is 2.49. The molecular formula is C15H14F2N4O. The summed E-state index contributed by atoms with van der Waals surface area (Å²) < 4.78 is 32.5. The van der Waals surface area contributed by atoms with E-state index in [1.807, 2.05) is 6.92 Å². The van der Waals surface area contributed by atoms with Crippen LogP contribution in [0, 0.1) is 11.6 Å². The fourth-order valence-corrected chi connectivity index (χ4v) is 2.29. The summed E-state index contributed by atoms with van der Waals surface area (Å²) in [6.07, 6.45) is 1.82. The van der Waals surface area contributed by atoms with Gasteiger partial charge < -0.3 is 9.42 Å². The Hall–Kier alpha value is -2.57. The van der Waals surface area contributed by atoms with Gasteiger partial charge in [-0.15, -0.1) is 0 Å². The topological polar surface area (TPSA) is 55.1 Å². The summed E-state index contributed by atoms with van der Waals surface area (Å²) in [6, 6.07) is 4.20. The van der Waals surface area contributed by atoms with Gasteiger partial charge in [0.2, 0.25) is 0 Å². The van der Waals surface area contributed by atoms with Crippen molar-refractivity contribution in [3.63, 3.8) is 0 Å². The largest absolute Gasteiger partial charge is 0.356 e. The first-order valence-corrected chi connectivity index (χ1v) is 6.84. The summed E-state index contributed by atoms with van der Waals surface area (Å²) in [6.45, 7) is 2.12. The van der Waals surface area contributed by atoms with Gasteiger partial charge in [0, 0.05) is 18.5 Å². The summed E-state index contributed by atoms with van der Waals surface area (Å²) in [4.78, 5) is 9.51. The van der Waals surface area contributed by atoms with Crippen LogP contribution in [0.4, 0.5) is 14.6 Å². The molecule has 0 aliphatic rings. The molecule has 3 rings (SSSR count). The first kappa shape index (κ1) is 14.4. The van der Waals surface area contributed by atoms with Crippen molar-refractivity contribution in [1.29, 1.82) is 0 Å². The van der Waals surface area contributed by atoms with E-state index in [4.69, 9.17) is 4.52 Å². The van der Waals surface area contributed by atoms with Gasteiger partial charge in [-0.2, -0.15) is 0 Å². The van der Waals surface area contributed by atoms with Crippen molar-refractivity contribution in [2.75, 3.05) is 11.9 Å². The summed E-state index contributed by atoms with van der Waals surface area (Å²) in [5, 5.41) is 4.62. The van der Waals surface area contributed by atoms with Crippen LogP contribution in [0.2, 0.25) is 0 Å². The maximum Gasteiger partial charge on any atom is 0.187 e. The molecule has 0 unspecified atom stereocenters. The number of nitrogens with zero attached hydrogens (tertiary/aromatic N) is 4. The highest BCUT2D eigenvalue weighted by Gasteiger charge is 2.17. The van der Waals surface area contributed by atoms with Crippen LogP contribution in [0.1, 0.15) is 18.3 Å². The SMILES string of the molecule is CCc1ncnc(N(C)Cc2noc3cc(F)ccc23)c1F. The molecule has 5 nitrogen and oxygen atoms in total. The second-order valence-electron chi connectivity index (χ2n) is 4.94. The molecule has 0 aliphatic heterocycles. The molecular weight excluding hydrogens is 290 g/mol. The molecule has 0 amide bonds. The van der Waals surface area contributed by atoms with Crippen LogP contribution in [-0.4, -0.2) is 22.2 Å². The molecule has 0 saturated carbocycles. The number of aryl methyl sites for hydroxylation is 1. The Labute approximate surface area is 125 Å². The zero-order chi connectivity index (χ0) is 15.7. The van der Waals surface area contributed by atoms with Gasteiger partial charge >= 0.3 is 0 Å². The van der Waals surface area contributed by atoms with Crippen LogP contribution in [0.25, 0.3) is 11.0 Å². The molecule has 0 aliphatic carbocycles. The average Bonchev–Trinajstić information content (AvgIpc) is 2.89. The maximum atomic E-state index is 14.3. The van der Waals surface area contributed by atoms with Gasteiger partial charge in [-0.05, 0) is 18.6 Å². The molecule has 0 spiro atoms. The van der Waals surface area contributed by atoms with E-state index in [0.29, 0.717) is 28.8 Å². The normalized spacial score (nSPS) is 11.1. The molecule has 1 aromatic carbocycles. The van der Waals surface area contributed by atoms with Crippen LogP contribution < -0.4 is 4.90 Å². The Balaban J connectivity index is 1.92. The van der Waals surface area contributed by atoms with Crippen molar-refractivity contribution in [3.05, 3.63) is 47.5 Å². The Morgan fingerprint density at radius 2 is 2.00 bits per heavy atom. The zero-order valence-corrected chi connectivity index (χ0v) is 12.2. The number of hydrogen-bond acceptors (Lipinski definition) is 5. The minimum atomic E-state index is -0.439. The minimum Gasteiger partial charge on any atom is -0.356 e. The molecule has 114 valence electrons. The highest BCUT2D eigenvalue weighted by atomic mass is 19.1. The van der Waals surface area contributed by atoms with Crippen LogP contribution >= 0.6 is 0 Å². The maximum absolute atomic E-state index is 14.3. The predicted molar refractivity (Wildman–Crippen MR) is 77.4 cm³/mol. The summed E-state index contributed by atoms with van der Waals surface area (Å²) in [5.41, 5.74) is 1.32. The molecule has 0 radical (unpaired) electrons. The van der Waals surface area contributed by atoms with Crippen LogP contribution in [0.5, 0.6) is 0 Å². The van der Waals surface area contributed by atoms with Gasteiger partial charge in [0.25, 0.3) is 0 Å². The zero-order valence-electron chi connectivity index (χ0n) is 12.2. The van der Waals surface area contributed by atoms with Gasteiger partial charge in [-0.1, -0.05) is 12.1 Å². The van der Waals surface area contributed by atoms with E-state index in [0.717, 1.165) is 0 Å². The smallest absolute Gasteiger partial charge is 0.187 e. The van der Waals surface area contributed by atoms with Crippen molar-refractivity contribution < 1.29 is 13.3 Å². The third-order valence-electron chi connectivity index (χ3n) is 3.44. The number of benzene rings is 1. The summed E-state index contributed by atoms with van der Waals surface area (Å²) in [7, 11) is 1.70. The molecule has 3 aromatic rings. The van der Waals surface area contributed by atoms with Crippen LogP contribution in [0.15, 0.2) is 29.0 Å².